The number of carbonyl (C=O) groups is 1. The molecule has 0 spiro atoms. The minimum atomic E-state index is -0.524. The summed E-state index contributed by atoms with van der Waals surface area (Å²) in [6, 6.07) is 11.0. The van der Waals surface area contributed by atoms with E-state index in [1.165, 1.54) is 31.4 Å². The third kappa shape index (κ3) is 4.14. The molecule has 0 amide bonds. The molecule has 3 aromatic rings. The summed E-state index contributed by atoms with van der Waals surface area (Å²) in [6.45, 7) is 4.49. The van der Waals surface area contributed by atoms with Gasteiger partial charge in [-0.1, -0.05) is 6.07 Å². The minimum absolute atomic E-state index is 0.0224. The second kappa shape index (κ2) is 9.10. The van der Waals surface area contributed by atoms with Crippen LogP contribution < -0.4 is 15.2 Å². The van der Waals surface area contributed by atoms with Crippen molar-refractivity contribution < 1.29 is 23.1 Å². The standard InChI is InChI=1S/C26H27FN2O5/c1-16-15-28(9-10-33-16)24-14-23(30)21-12-17(26(31)32-2)11-20(25(21)34-24)22-7-4-8-29(22)19-6-3-5-18(27)13-19/h3,5-6,11-14,16,22H,4,7-10,15H2,1-2H3/t16-,22?/m1/s1. The molecule has 0 saturated carbocycles. The van der Waals surface area contributed by atoms with Crippen molar-refractivity contribution in [3.8, 4) is 0 Å². The van der Waals surface area contributed by atoms with Crippen molar-refractivity contribution in [3.05, 3.63) is 69.6 Å². The van der Waals surface area contributed by atoms with Gasteiger partial charge in [-0.15, -0.1) is 0 Å². The lowest BCUT2D eigenvalue weighted by molar-refractivity contribution is 0.0517. The smallest absolute Gasteiger partial charge is 0.337 e. The van der Waals surface area contributed by atoms with Crippen LogP contribution in [0.2, 0.25) is 0 Å². The summed E-state index contributed by atoms with van der Waals surface area (Å²) in [7, 11) is 1.31. The van der Waals surface area contributed by atoms with Crippen molar-refractivity contribution in [2.45, 2.75) is 31.9 Å². The number of morpholine rings is 1. The van der Waals surface area contributed by atoms with Crippen molar-refractivity contribution in [3.63, 3.8) is 0 Å². The second-order valence-electron chi connectivity index (χ2n) is 8.84. The number of ether oxygens (including phenoxy) is 2. The number of anilines is 2. The summed E-state index contributed by atoms with van der Waals surface area (Å²) in [5.41, 5.74) is 1.98. The van der Waals surface area contributed by atoms with Gasteiger partial charge in [0.15, 0.2) is 11.3 Å². The zero-order valence-corrected chi connectivity index (χ0v) is 19.3. The van der Waals surface area contributed by atoms with Crippen LogP contribution in [0, 0.1) is 5.82 Å². The molecular weight excluding hydrogens is 439 g/mol. The van der Waals surface area contributed by atoms with Crippen LogP contribution in [0.4, 0.5) is 16.0 Å². The molecule has 0 bridgehead atoms. The number of rotatable bonds is 4. The molecule has 0 radical (unpaired) electrons. The van der Waals surface area contributed by atoms with Crippen molar-refractivity contribution in [1.82, 2.24) is 0 Å². The Balaban J connectivity index is 1.68. The van der Waals surface area contributed by atoms with Crippen molar-refractivity contribution in [2.24, 2.45) is 0 Å². The summed E-state index contributed by atoms with van der Waals surface area (Å²) < 4.78 is 30.9. The molecule has 1 unspecified atom stereocenters. The fourth-order valence-corrected chi connectivity index (χ4v) is 4.98. The Morgan fingerprint density at radius 1 is 1.18 bits per heavy atom. The van der Waals surface area contributed by atoms with Gasteiger partial charge in [0.25, 0.3) is 0 Å². The maximum atomic E-state index is 14.0. The van der Waals surface area contributed by atoms with Crippen LogP contribution in [-0.2, 0) is 9.47 Å². The van der Waals surface area contributed by atoms with Gasteiger partial charge in [0.05, 0.1) is 36.8 Å². The third-order valence-electron chi connectivity index (χ3n) is 6.57. The molecule has 7 nitrogen and oxygen atoms in total. The number of halogens is 1. The highest BCUT2D eigenvalue weighted by molar-refractivity contribution is 5.95. The van der Waals surface area contributed by atoms with E-state index in [-0.39, 0.29) is 29.0 Å². The molecule has 2 aliphatic heterocycles. The van der Waals surface area contributed by atoms with Crippen LogP contribution in [0.5, 0.6) is 0 Å². The Bertz CT molecular complexity index is 1290. The molecule has 1 aromatic heterocycles. The Morgan fingerprint density at radius 2 is 2.03 bits per heavy atom. The van der Waals surface area contributed by atoms with E-state index in [1.54, 1.807) is 12.1 Å². The highest BCUT2D eigenvalue weighted by atomic mass is 19.1. The molecule has 2 atom stereocenters. The lowest BCUT2D eigenvalue weighted by atomic mass is 9.98. The first-order valence-electron chi connectivity index (χ1n) is 11.5. The van der Waals surface area contributed by atoms with E-state index in [0.29, 0.717) is 36.5 Å². The van der Waals surface area contributed by atoms with Gasteiger partial charge < -0.3 is 23.7 Å². The fourth-order valence-electron chi connectivity index (χ4n) is 4.98. The first-order valence-corrected chi connectivity index (χ1v) is 11.5. The van der Waals surface area contributed by atoms with E-state index in [4.69, 9.17) is 13.9 Å². The number of carbonyl (C=O) groups excluding carboxylic acids is 1. The molecule has 2 aliphatic rings. The average molecular weight is 467 g/mol. The number of hydrogen-bond acceptors (Lipinski definition) is 7. The maximum absolute atomic E-state index is 14.0. The molecule has 2 fully saturated rings. The van der Waals surface area contributed by atoms with Crippen LogP contribution in [0.3, 0.4) is 0 Å². The zero-order chi connectivity index (χ0) is 23.8. The Morgan fingerprint density at radius 3 is 2.79 bits per heavy atom. The second-order valence-corrected chi connectivity index (χ2v) is 8.84. The van der Waals surface area contributed by atoms with E-state index in [0.717, 1.165) is 30.6 Å². The van der Waals surface area contributed by atoms with Crippen LogP contribution in [0.25, 0.3) is 11.0 Å². The molecule has 178 valence electrons. The van der Waals surface area contributed by atoms with Gasteiger partial charge >= 0.3 is 5.97 Å². The number of nitrogens with zero attached hydrogens (tertiary/aromatic N) is 2. The Kier molecular flexibility index (Phi) is 6.00. The molecule has 0 aliphatic carbocycles. The van der Waals surface area contributed by atoms with Crippen molar-refractivity contribution in [2.75, 3.05) is 43.2 Å². The Labute approximate surface area is 196 Å². The summed E-state index contributed by atoms with van der Waals surface area (Å²) >= 11 is 0. The first kappa shape index (κ1) is 22.4. The van der Waals surface area contributed by atoms with Gasteiger partial charge in [-0.25, -0.2) is 9.18 Å². The summed E-state index contributed by atoms with van der Waals surface area (Å²) in [6.07, 6.45) is 1.68. The number of methoxy groups -OCH3 is 1. The monoisotopic (exact) mass is 466 g/mol. The van der Waals surface area contributed by atoms with Crippen LogP contribution >= 0.6 is 0 Å². The molecule has 5 rings (SSSR count). The van der Waals surface area contributed by atoms with Gasteiger partial charge in [-0.2, -0.15) is 0 Å². The average Bonchev–Trinajstić information content (AvgIpc) is 3.33. The molecule has 34 heavy (non-hydrogen) atoms. The van der Waals surface area contributed by atoms with E-state index in [1.807, 2.05) is 17.9 Å². The summed E-state index contributed by atoms with van der Waals surface area (Å²) in [4.78, 5) is 29.8. The molecular formula is C26H27FN2O5. The number of hydrogen-bond donors (Lipinski definition) is 0. The maximum Gasteiger partial charge on any atom is 0.337 e. The molecule has 8 heteroatoms. The van der Waals surface area contributed by atoms with E-state index >= 15 is 0 Å². The lowest BCUT2D eigenvalue weighted by Crippen LogP contribution is -2.41. The topological polar surface area (TPSA) is 72.2 Å². The quantitative estimate of drug-likeness (QED) is 0.532. The van der Waals surface area contributed by atoms with E-state index in [9.17, 15) is 14.0 Å². The van der Waals surface area contributed by atoms with Gasteiger partial charge in [0.1, 0.15) is 11.4 Å². The van der Waals surface area contributed by atoms with Crippen LogP contribution in [0.15, 0.2) is 51.7 Å². The normalized spacial score (nSPS) is 20.7. The molecule has 2 saturated heterocycles. The Hall–Kier alpha value is -3.39. The number of esters is 1. The highest BCUT2D eigenvalue weighted by Crippen LogP contribution is 2.40. The van der Waals surface area contributed by atoms with Crippen LogP contribution in [0.1, 0.15) is 41.7 Å². The van der Waals surface area contributed by atoms with E-state index < -0.39 is 5.97 Å². The van der Waals surface area contributed by atoms with Crippen molar-refractivity contribution in [1.29, 1.82) is 0 Å². The van der Waals surface area contributed by atoms with E-state index in [2.05, 4.69) is 4.90 Å². The molecule has 2 aromatic carbocycles. The number of fused-ring (bicyclic) bond motifs is 1. The zero-order valence-electron chi connectivity index (χ0n) is 19.3. The van der Waals surface area contributed by atoms with Gasteiger partial charge in [-0.3, -0.25) is 4.79 Å². The summed E-state index contributed by atoms with van der Waals surface area (Å²) in [5.74, 6) is -0.356. The fraction of sp³-hybridized carbons (Fsp3) is 0.385. The predicted molar refractivity (Wildman–Crippen MR) is 127 cm³/mol. The van der Waals surface area contributed by atoms with Gasteiger partial charge in [-0.05, 0) is 50.1 Å². The SMILES string of the molecule is COC(=O)c1cc(C2CCCN2c2cccc(F)c2)c2oc(N3CCO[C@H](C)C3)cc(=O)c2c1. The largest absolute Gasteiger partial charge is 0.465 e. The van der Waals surface area contributed by atoms with Crippen molar-refractivity contribution >= 4 is 28.5 Å². The lowest BCUT2D eigenvalue weighted by Gasteiger charge is -2.32. The van der Waals surface area contributed by atoms with Gasteiger partial charge in [0, 0.05) is 37.0 Å². The van der Waals surface area contributed by atoms with Gasteiger partial charge in [0.2, 0.25) is 0 Å². The first-order chi connectivity index (χ1) is 16.4. The molecule has 3 heterocycles. The molecule has 0 N–H and O–H groups in total. The third-order valence-corrected chi connectivity index (χ3v) is 6.57. The highest BCUT2D eigenvalue weighted by Gasteiger charge is 2.31. The number of benzene rings is 2. The van der Waals surface area contributed by atoms with Crippen LogP contribution in [-0.4, -0.2) is 45.4 Å². The summed E-state index contributed by atoms with van der Waals surface area (Å²) in [5, 5.41) is 0.328. The predicted octanol–water partition coefficient (Wildman–Crippen LogP) is 4.29. The minimum Gasteiger partial charge on any atom is -0.465 e.